The maximum Gasteiger partial charge on any atom is 0.255 e. The summed E-state index contributed by atoms with van der Waals surface area (Å²) in [6, 6.07) is 1.95. The van der Waals surface area contributed by atoms with E-state index in [1.54, 1.807) is 13.2 Å². The second kappa shape index (κ2) is 8.75. The van der Waals surface area contributed by atoms with Crippen LogP contribution < -0.4 is 0 Å². The van der Waals surface area contributed by atoms with Crippen LogP contribution in [0.3, 0.4) is 0 Å². The van der Waals surface area contributed by atoms with Gasteiger partial charge >= 0.3 is 0 Å². The van der Waals surface area contributed by atoms with Gasteiger partial charge in [-0.1, -0.05) is 18.8 Å². The van der Waals surface area contributed by atoms with Crippen LogP contribution in [0.1, 0.15) is 35.5 Å². The van der Waals surface area contributed by atoms with Crippen molar-refractivity contribution in [1.82, 2.24) is 4.90 Å². The van der Waals surface area contributed by atoms with Gasteiger partial charge in [0.25, 0.3) is 5.91 Å². The quantitative estimate of drug-likeness (QED) is 0.816. The molecule has 5 heteroatoms. The molecular weight excluding hydrogens is 274 g/mol. The van der Waals surface area contributed by atoms with Crippen LogP contribution in [0.15, 0.2) is 11.4 Å². The van der Waals surface area contributed by atoms with Gasteiger partial charge in [0.2, 0.25) is 0 Å². The second-order valence-electron chi connectivity index (χ2n) is 4.41. The summed E-state index contributed by atoms with van der Waals surface area (Å²) in [5.74, 6) is 5.41. The normalized spacial score (nSPS) is 11.6. The molecule has 0 fully saturated rings. The molecule has 0 aliphatic carbocycles. The van der Waals surface area contributed by atoms with E-state index in [1.807, 2.05) is 17.2 Å². The van der Waals surface area contributed by atoms with Gasteiger partial charge in [-0.15, -0.1) is 11.3 Å². The van der Waals surface area contributed by atoms with Gasteiger partial charge in [0, 0.05) is 25.1 Å². The highest BCUT2D eigenvalue weighted by Gasteiger charge is 2.21. The van der Waals surface area contributed by atoms with Gasteiger partial charge in [0.1, 0.15) is 6.61 Å². The Kier molecular flexibility index (Phi) is 7.31. The first kappa shape index (κ1) is 16.7. The summed E-state index contributed by atoms with van der Waals surface area (Å²) < 4.78 is 5.07. The number of hydrogen-bond donors (Lipinski definition) is 1. The molecule has 0 aliphatic heterocycles. The van der Waals surface area contributed by atoms with Crippen molar-refractivity contribution in [3.63, 3.8) is 0 Å². The number of aliphatic hydroxyl groups excluding tert-OH is 1. The Bertz CT molecular complexity index is 487. The van der Waals surface area contributed by atoms with Crippen molar-refractivity contribution < 1.29 is 14.6 Å². The monoisotopic (exact) mass is 295 g/mol. The predicted octanol–water partition coefficient (Wildman–Crippen LogP) is 1.98. The average molecular weight is 295 g/mol. The predicted molar refractivity (Wildman–Crippen MR) is 80.9 cm³/mol. The molecule has 0 aromatic carbocycles. The van der Waals surface area contributed by atoms with Crippen LogP contribution in [0.25, 0.3) is 0 Å². The van der Waals surface area contributed by atoms with Gasteiger partial charge in [-0.25, -0.2) is 0 Å². The van der Waals surface area contributed by atoms with Gasteiger partial charge < -0.3 is 14.7 Å². The molecular formula is C15H21NO3S. The fraction of sp³-hybridized carbons (Fsp3) is 0.533. The Balaban J connectivity index is 2.85. The highest BCUT2D eigenvalue weighted by atomic mass is 32.1. The standard InChI is InChI=1S/C15H21NO3S/c1-4-12(2)16(7-9-19-3)15(18)13-10-14(20-11-13)6-5-8-17/h10-12,17H,4,7-9H2,1-3H3. The largest absolute Gasteiger partial charge is 0.384 e. The smallest absolute Gasteiger partial charge is 0.255 e. The first-order chi connectivity index (χ1) is 9.63. The maximum absolute atomic E-state index is 12.5. The Labute approximate surface area is 124 Å². The van der Waals surface area contributed by atoms with Crippen molar-refractivity contribution in [1.29, 1.82) is 0 Å². The van der Waals surface area contributed by atoms with Crippen molar-refractivity contribution in [2.45, 2.75) is 26.3 Å². The molecule has 110 valence electrons. The third kappa shape index (κ3) is 4.64. The molecule has 1 amide bonds. The van der Waals surface area contributed by atoms with Crippen LogP contribution in [-0.4, -0.2) is 48.8 Å². The number of nitrogens with zero attached hydrogens (tertiary/aromatic N) is 1. The molecule has 0 bridgehead atoms. The number of hydrogen-bond acceptors (Lipinski definition) is 4. The third-order valence-corrected chi connectivity index (χ3v) is 3.90. The minimum Gasteiger partial charge on any atom is -0.384 e. The van der Waals surface area contributed by atoms with Crippen LogP contribution in [0.4, 0.5) is 0 Å². The minimum absolute atomic E-state index is 0.00435. The van der Waals surface area contributed by atoms with Crippen LogP contribution in [0, 0.1) is 11.8 Å². The number of carbonyl (C=O) groups excluding carboxylic acids is 1. The van der Waals surface area contributed by atoms with Crippen molar-refractivity contribution in [3.05, 3.63) is 21.9 Å². The number of rotatable bonds is 6. The Morgan fingerprint density at radius 3 is 2.95 bits per heavy atom. The Hall–Kier alpha value is -1.35. The zero-order valence-corrected chi connectivity index (χ0v) is 13.0. The Morgan fingerprint density at radius 2 is 2.35 bits per heavy atom. The highest BCUT2D eigenvalue weighted by molar-refractivity contribution is 7.10. The number of methoxy groups -OCH3 is 1. The molecule has 0 spiro atoms. The summed E-state index contributed by atoms with van der Waals surface area (Å²) in [5.41, 5.74) is 0.647. The lowest BCUT2D eigenvalue weighted by Gasteiger charge is -2.28. The van der Waals surface area contributed by atoms with Crippen LogP contribution >= 0.6 is 11.3 Å². The lowest BCUT2D eigenvalue weighted by atomic mass is 10.2. The second-order valence-corrected chi connectivity index (χ2v) is 5.32. The molecule has 1 N–H and O–H groups in total. The molecule has 0 radical (unpaired) electrons. The zero-order valence-electron chi connectivity index (χ0n) is 12.2. The first-order valence-corrected chi connectivity index (χ1v) is 7.50. The first-order valence-electron chi connectivity index (χ1n) is 6.62. The topological polar surface area (TPSA) is 49.8 Å². The minimum atomic E-state index is -0.173. The molecule has 1 heterocycles. The summed E-state index contributed by atoms with van der Waals surface area (Å²) in [5, 5.41) is 10.5. The van der Waals surface area contributed by atoms with Crippen LogP contribution in [-0.2, 0) is 4.74 Å². The van der Waals surface area contributed by atoms with Crippen LogP contribution in [0.2, 0.25) is 0 Å². The van der Waals surface area contributed by atoms with Gasteiger partial charge in [0.05, 0.1) is 17.0 Å². The number of amides is 1. The van der Waals surface area contributed by atoms with Gasteiger partial charge in [-0.05, 0) is 19.4 Å². The number of carbonyl (C=O) groups is 1. The molecule has 1 aromatic heterocycles. The fourth-order valence-corrected chi connectivity index (χ4v) is 2.49. The van der Waals surface area contributed by atoms with Crippen LogP contribution in [0.5, 0.6) is 0 Å². The van der Waals surface area contributed by atoms with E-state index in [2.05, 4.69) is 18.8 Å². The zero-order chi connectivity index (χ0) is 15.0. The molecule has 20 heavy (non-hydrogen) atoms. The lowest BCUT2D eigenvalue weighted by Crippen LogP contribution is -2.40. The van der Waals surface area contributed by atoms with E-state index in [0.29, 0.717) is 18.7 Å². The summed E-state index contributed by atoms with van der Waals surface area (Å²) in [6.07, 6.45) is 0.900. The molecule has 1 unspecified atom stereocenters. The summed E-state index contributed by atoms with van der Waals surface area (Å²) >= 11 is 1.41. The van der Waals surface area contributed by atoms with Crippen molar-refractivity contribution in [3.8, 4) is 11.8 Å². The van der Waals surface area contributed by atoms with E-state index in [4.69, 9.17) is 9.84 Å². The summed E-state index contributed by atoms with van der Waals surface area (Å²) in [7, 11) is 1.63. The molecule has 1 rings (SSSR count). The molecule has 0 saturated heterocycles. The van der Waals surface area contributed by atoms with E-state index in [-0.39, 0.29) is 18.6 Å². The lowest BCUT2D eigenvalue weighted by molar-refractivity contribution is 0.0614. The van der Waals surface area contributed by atoms with E-state index in [9.17, 15) is 4.79 Å². The van der Waals surface area contributed by atoms with E-state index >= 15 is 0 Å². The summed E-state index contributed by atoms with van der Waals surface area (Å²) in [4.78, 5) is 15.1. The van der Waals surface area contributed by atoms with E-state index in [1.165, 1.54) is 11.3 Å². The van der Waals surface area contributed by atoms with Crippen molar-refractivity contribution in [2.75, 3.05) is 26.9 Å². The van der Waals surface area contributed by atoms with Crippen molar-refractivity contribution in [2.24, 2.45) is 0 Å². The molecule has 4 nitrogen and oxygen atoms in total. The molecule has 1 atom stereocenters. The van der Waals surface area contributed by atoms with Gasteiger partial charge in [-0.3, -0.25) is 4.79 Å². The number of aliphatic hydroxyl groups is 1. The maximum atomic E-state index is 12.5. The third-order valence-electron chi connectivity index (χ3n) is 3.06. The molecule has 1 aromatic rings. The van der Waals surface area contributed by atoms with Crippen molar-refractivity contribution >= 4 is 17.2 Å². The fourth-order valence-electron chi connectivity index (χ4n) is 1.74. The number of thiophene rings is 1. The number of ether oxygens (including phenoxy) is 1. The molecule has 0 aliphatic rings. The summed E-state index contributed by atoms with van der Waals surface area (Å²) in [6.45, 7) is 5.03. The SMILES string of the molecule is CCC(C)N(CCOC)C(=O)c1csc(C#CCO)c1. The van der Waals surface area contributed by atoms with Gasteiger partial charge in [-0.2, -0.15) is 0 Å². The van der Waals surface area contributed by atoms with E-state index < -0.39 is 0 Å². The van der Waals surface area contributed by atoms with Gasteiger partial charge in [0.15, 0.2) is 0 Å². The Morgan fingerprint density at radius 1 is 1.60 bits per heavy atom. The highest BCUT2D eigenvalue weighted by Crippen LogP contribution is 2.17. The van der Waals surface area contributed by atoms with E-state index in [0.717, 1.165) is 11.3 Å². The molecule has 0 saturated carbocycles. The average Bonchev–Trinajstić information content (AvgIpc) is 2.93.